The first-order valence-electron chi connectivity index (χ1n) is 4.96. The maximum Gasteiger partial charge on any atom is 0.334 e. The van der Waals surface area contributed by atoms with E-state index in [9.17, 15) is 9.90 Å². The highest BCUT2D eigenvalue weighted by Gasteiger charge is 2.33. The van der Waals surface area contributed by atoms with Crippen LogP contribution in [0.2, 0.25) is 0 Å². The van der Waals surface area contributed by atoms with Gasteiger partial charge in [0.15, 0.2) is 6.10 Å². The van der Waals surface area contributed by atoms with Crippen molar-refractivity contribution in [2.24, 2.45) is 5.92 Å². The molecule has 0 saturated carbocycles. The molecule has 1 N–H and O–H groups in total. The van der Waals surface area contributed by atoms with Gasteiger partial charge in [-0.05, 0) is 26.7 Å². The van der Waals surface area contributed by atoms with Gasteiger partial charge in [0.1, 0.15) is 0 Å². The van der Waals surface area contributed by atoms with E-state index in [1.165, 1.54) is 7.11 Å². The zero-order chi connectivity index (χ0) is 10.7. The van der Waals surface area contributed by atoms with E-state index in [2.05, 4.69) is 4.74 Å². The second kappa shape index (κ2) is 4.75. The summed E-state index contributed by atoms with van der Waals surface area (Å²) in [5.74, 6) is -0.586. The average molecular weight is 202 g/mol. The van der Waals surface area contributed by atoms with E-state index in [4.69, 9.17) is 4.74 Å². The minimum atomic E-state index is -1.01. The lowest BCUT2D eigenvalue weighted by Gasteiger charge is -2.33. The van der Waals surface area contributed by atoms with E-state index in [0.29, 0.717) is 12.8 Å². The van der Waals surface area contributed by atoms with Gasteiger partial charge in [-0.3, -0.25) is 0 Å². The Bertz CT molecular complexity index is 194. The Labute approximate surface area is 84.2 Å². The summed E-state index contributed by atoms with van der Waals surface area (Å²) in [5.41, 5.74) is 0. The van der Waals surface area contributed by atoms with Crippen LogP contribution < -0.4 is 0 Å². The van der Waals surface area contributed by atoms with Gasteiger partial charge >= 0.3 is 5.97 Å². The number of hydrogen-bond donors (Lipinski definition) is 1. The Morgan fingerprint density at radius 2 is 1.93 bits per heavy atom. The molecule has 0 aromatic carbocycles. The maximum atomic E-state index is 11.1. The number of esters is 1. The van der Waals surface area contributed by atoms with E-state index >= 15 is 0 Å². The van der Waals surface area contributed by atoms with Crippen LogP contribution in [0.4, 0.5) is 0 Å². The monoisotopic (exact) mass is 202 g/mol. The standard InChI is InChI=1S/C10H18O4/c1-6-4-8(5-7(2)14-6)9(11)10(12)13-3/h6-9,11H,4-5H2,1-3H3. The van der Waals surface area contributed by atoms with Crippen molar-refractivity contribution in [1.29, 1.82) is 0 Å². The van der Waals surface area contributed by atoms with Gasteiger partial charge < -0.3 is 14.6 Å². The third kappa shape index (κ3) is 2.69. The second-order valence-electron chi connectivity index (χ2n) is 3.96. The predicted molar refractivity (Wildman–Crippen MR) is 50.8 cm³/mol. The molecule has 1 fully saturated rings. The summed E-state index contributed by atoms with van der Waals surface area (Å²) in [4.78, 5) is 11.1. The Morgan fingerprint density at radius 3 is 2.36 bits per heavy atom. The summed E-state index contributed by atoms with van der Waals surface area (Å²) in [6, 6.07) is 0. The third-order valence-electron chi connectivity index (χ3n) is 2.62. The number of carbonyl (C=O) groups is 1. The summed E-state index contributed by atoms with van der Waals surface area (Å²) >= 11 is 0. The molecule has 14 heavy (non-hydrogen) atoms. The number of hydrogen-bond acceptors (Lipinski definition) is 4. The van der Waals surface area contributed by atoms with Crippen LogP contribution in [0, 0.1) is 5.92 Å². The highest BCUT2D eigenvalue weighted by molar-refractivity contribution is 5.74. The highest BCUT2D eigenvalue weighted by Crippen LogP contribution is 2.27. The summed E-state index contributed by atoms with van der Waals surface area (Å²) < 4.78 is 10.0. The Kier molecular flexibility index (Phi) is 3.89. The van der Waals surface area contributed by atoms with Crippen LogP contribution >= 0.6 is 0 Å². The molecule has 0 aliphatic carbocycles. The summed E-state index contributed by atoms with van der Waals surface area (Å²) in [6.07, 6.45) is 0.612. The largest absolute Gasteiger partial charge is 0.467 e. The Hall–Kier alpha value is -0.610. The molecule has 0 spiro atoms. The number of aliphatic hydroxyl groups is 1. The molecular formula is C10H18O4. The Morgan fingerprint density at radius 1 is 1.43 bits per heavy atom. The molecule has 82 valence electrons. The molecular weight excluding hydrogens is 184 g/mol. The second-order valence-corrected chi connectivity index (χ2v) is 3.96. The number of carbonyl (C=O) groups excluding carboxylic acids is 1. The van der Waals surface area contributed by atoms with E-state index in [-0.39, 0.29) is 18.1 Å². The highest BCUT2D eigenvalue weighted by atomic mass is 16.5. The van der Waals surface area contributed by atoms with E-state index in [0.717, 1.165) is 0 Å². The first kappa shape index (κ1) is 11.5. The van der Waals surface area contributed by atoms with Gasteiger partial charge in [0, 0.05) is 5.92 Å². The van der Waals surface area contributed by atoms with Crippen molar-refractivity contribution in [3.8, 4) is 0 Å². The van der Waals surface area contributed by atoms with Crippen molar-refractivity contribution in [2.45, 2.75) is 45.0 Å². The third-order valence-corrected chi connectivity index (χ3v) is 2.62. The minimum Gasteiger partial charge on any atom is -0.467 e. The van der Waals surface area contributed by atoms with Crippen LogP contribution in [0.1, 0.15) is 26.7 Å². The van der Waals surface area contributed by atoms with Gasteiger partial charge in [-0.25, -0.2) is 4.79 Å². The molecule has 1 rings (SSSR count). The summed E-state index contributed by atoms with van der Waals surface area (Å²) in [5, 5.41) is 9.65. The quantitative estimate of drug-likeness (QED) is 0.670. The molecule has 0 radical (unpaired) electrons. The number of rotatable bonds is 2. The number of ether oxygens (including phenoxy) is 2. The lowest BCUT2D eigenvalue weighted by atomic mass is 9.88. The fourth-order valence-electron chi connectivity index (χ4n) is 2.03. The van der Waals surface area contributed by atoms with Crippen LogP contribution in [0.15, 0.2) is 0 Å². The van der Waals surface area contributed by atoms with Crippen LogP contribution in [0.3, 0.4) is 0 Å². The van der Waals surface area contributed by atoms with Gasteiger partial charge in [-0.1, -0.05) is 0 Å². The molecule has 4 heteroatoms. The van der Waals surface area contributed by atoms with Crippen molar-refractivity contribution in [1.82, 2.24) is 0 Å². The maximum absolute atomic E-state index is 11.1. The first-order valence-corrected chi connectivity index (χ1v) is 4.96. The van der Waals surface area contributed by atoms with Gasteiger partial charge in [-0.15, -0.1) is 0 Å². The molecule has 1 aliphatic heterocycles. The molecule has 4 nitrogen and oxygen atoms in total. The number of aliphatic hydroxyl groups excluding tert-OH is 1. The molecule has 0 aromatic rings. The average Bonchev–Trinajstić information content (AvgIpc) is 2.14. The molecule has 3 atom stereocenters. The zero-order valence-electron chi connectivity index (χ0n) is 8.90. The van der Waals surface area contributed by atoms with E-state index in [1.807, 2.05) is 13.8 Å². The molecule has 1 aliphatic rings. The van der Waals surface area contributed by atoms with Crippen LogP contribution in [-0.4, -0.2) is 36.5 Å². The van der Waals surface area contributed by atoms with Crippen molar-refractivity contribution >= 4 is 5.97 Å². The normalized spacial score (nSPS) is 35.0. The predicted octanol–water partition coefficient (Wildman–Crippen LogP) is 0.724. The van der Waals surface area contributed by atoms with Gasteiger partial charge in [-0.2, -0.15) is 0 Å². The van der Waals surface area contributed by atoms with E-state index in [1.54, 1.807) is 0 Å². The van der Waals surface area contributed by atoms with Gasteiger partial charge in [0.05, 0.1) is 19.3 Å². The number of methoxy groups -OCH3 is 1. The zero-order valence-corrected chi connectivity index (χ0v) is 8.90. The minimum absolute atomic E-state index is 0.0406. The lowest BCUT2D eigenvalue weighted by molar-refractivity contribution is -0.158. The van der Waals surface area contributed by atoms with Gasteiger partial charge in [0.25, 0.3) is 0 Å². The topological polar surface area (TPSA) is 55.8 Å². The summed E-state index contributed by atoms with van der Waals surface area (Å²) in [7, 11) is 1.29. The molecule has 1 saturated heterocycles. The summed E-state index contributed by atoms with van der Waals surface area (Å²) in [6.45, 7) is 3.90. The fourth-order valence-corrected chi connectivity index (χ4v) is 2.03. The Balaban J connectivity index is 2.54. The van der Waals surface area contributed by atoms with Crippen LogP contribution in [0.5, 0.6) is 0 Å². The van der Waals surface area contributed by atoms with Crippen molar-refractivity contribution in [3.05, 3.63) is 0 Å². The van der Waals surface area contributed by atoms with Crippen molar-refractivity contribution in [2.75, 3.05) is 7.11 Å². The van der Waals surface area contributed by atoms with E-state index < -0.39 is 12.1 Å². The molecule has 0 aromatic heterocycles. The molecule has 1 heterocycles. The first-order chi connectivity index (χ1) is 6.54. The van der Waals surface area contributed by atoms with Crippen LogP contribution in [-0.2, 0) is 14.3 Å². The van der Waals surface area contributed by atoms with Gasteiger partial charge in [0.2, 0.25) is 0 Å². The SMILES string of the molecule is COC(=O)C(O)C1CC(C)OC(C)C1. The van der Waals surface area contributed by atoms with Crippen molar-refractivity contribution < 1.29 is 19.4 Å². The fraction of sp³-hybridized carbons (Fsp3) is 0.900. The molecule has 3 unspecified atom stereocenters. The van der Waals surface area contributed by atoms with Crippen molar-refractivity contribution in [3.63, 3.8) is 0 Å². The molecule has 0 amide bonds. The lowest BCUT2D eigenvalue weighted by Crippen LogP contribution is -2.39. The van der Waals surface area contributed by atoms with Crippen LogP contribution in [0.25, 0.3) is 0 Å². The smallest absolute Gasteiger partial charge is 0.334 e. The molecule has 0 bridgehead atoms.